The number of benzene rings is 2. The number of anilines is 2. The van der Waals surface area contributed by atoms with Gasteiger partial charge in [-0.3, -0.25) is 5.10 Å². The number of rotatable bonds is 4. The van der Waals surface area contributed by atoms with E-state index >= 15 is 0 Å². The van der Waals surface area contributed by atoms with Crippen LogP contribution in [0, 0.1) is 11.3 Å². The monoisotopic (exact) mass is 386 g/mol. The standard InChI is InChI=1S/C21H15ClN6/c22-15-7-8-17-16(9-15)21(25-19-10-18(27-28-19)13-5-6-13)26-20(24-17)14-3-1-12(11-23)2-4-14/h1-4,7-10,13H,5-6H2,(H2,24,25,26,27,28). The van der Waals surface area contributed by atoms with Gasteiger partial charge in [-0.1, -0.05) is 11.6 Å². The first-order chi connectivity index (χ1) is 13.7. The zero-order chi connectivity index (χ0) is 19.1. The van der Waals surface area contributed by atoms with Crippen LogP contribution in [0.15, 0.2) is 48.5 Å². The molecule has 0 atom stereocenters. The fourth-order valence-corrected chi connectivity index (χ4v) is 3.32. The zero-order valence-electron chi connectivity index (χ0n) is 14.8. The van der Waals surface area contributed by atoms with Crippen LogP contribution >= 0.6 is 11.6 Å². The third kappa shape index (κ3) is 3.17. The number of hydrogen-bond acceptors (Lipinski definition) is 5. The summed E-state index contributed by atoms with van der Waals surface area (Å²) in [5.41, 5.74) is 3.35. The van der Waals surface area contributed by atoms with Crippen LogP contribution in [-0.4, -0.2) is 20.2 Å². The van der Waals surface area contributed by atoms with E-state index in [1.165, 1.54) is 12.8 Å². The van der Waals surface area contributed by atoms with E-state index in [1.54, 1.807) is 12.1 Å². The molecule has 2 heterocycles. The first kappa shape index (κ1) is 16.7. The number of H-pyrrole nitrogens is 1. The number of halogens is 1. The maximum atomic E-state index is 9.01. The van der Waals surface area contributed by atoms with Gasteiger partial charge in [-0.25, -0.2) is 9.97 Å². The second-order valence-electron chi connectivity index (χ2n) is 6.85. The lowest BCUT2D eigenvalue weighted by atomic mass is 10.1. The van der Waals surface area contributed by atoms with Crippen molar-refractivity contribution >= 4 is 34.1 Å². The molecule has 0 amide bonds. The van der Waals surface area contributed by atoms with Gasteiger partial charge in [0.15, 0.2) is 11.6 Å². The Hall–Kier alpha value is -3.43. The van der Waals surface area contributed by atoms with E-state index in [2.05, 4.69) is 26.6 Å². The number of nitriles is 1. The molecule has 6 nitrogen and oxygen atoms in total. The van der Waals surface area contributed by atoms with Crippen LogP contribution in [0.2, 0.25) is 5.02 Å². The molecule has 0 spiro atoms. The molecule has 0 saturated heterocycles. The van der Waals surface area contributed by atoms with Gasteiger partial charge >= 0.3 is 0 Å². The van der Waals surface area contributed by atoms with Gasteiger partial charge in [-0.05, 0) is 55.3 Å². The molecule has 0 radical (unpaired) electrons. The van der Waals surface area contributed by atoms with Crippen molar-refractivity contribution in [2.75, 3.05) is 5.32 Å². The summed E-state index contributed by atoms with van der Waals surface area (Å²) >= 11 is 6.20. The largest absolute Gasteiger partial charge is 0.323 e. The van der Waals surface area contributed by atoms with E-state index in [-0.39, 0.29) is 0 Å². The van der Waals surface area contributed by atoms with Crippen LogP contribution in [0.25, 0.3) is 22.3 Å². The van der Waals surface area contributed by atoms with Gasteiger partial charge in [0.25, 0.3) is 0 Å². The number of nitrogens with zero attached hydrogens (tertiary/aromatic N) is 4. The highest BCUT2D eigenvalue weighted by Gasteiger charge is 2.25. The fraction of sp³-hybridized carbons (Fsp3) is 0.143. The summed E-state index contributed by atoms with van der Waals surface area (Å²) in [4.78, 5) is 9.38. The van der Waals surface area contributed by atoms with E-state index in [1.807, 2.05) is 36.4 Å². The smallest absolute Gasteiger partial charge is 0.162 e. The van der Waals surface area contributed by atoms with Crippen molar-refractivity contribution in [3.8, 4) is 17.5 Å². The Morgan fingerprint density at radius 3 is 2.64 bits per heavy atom. The Balaban J connectivity index is 1.59. The minimum atomic E-state index is 0.569. The number of fused-ring (bicyclic) bond motifs is 1. The van der Waals surface area contributed by atoms with Gasteiger partial charge in [-0.15, -0.1) is 0 Å². The van der Waals surface area contributed by atoms with Crippen LogP contribution in [-0.2, 0) is 0 Å². The molecule has 1 fully saturated rings. The molecule has 2 aromatic carbocycles. The summed E-state index contributed by atoms with van der Waals surface area (Å²) < 4.78 is 0. The quantitative estimate of drug-likeness (QED) is 0.505. The van der Waals surface area contributed by atoms with Crippen molar-refractivity contribution in [1.29, 1.82) is 5.26 Å². The minimum absolute atomic E-state index is 0.569. The molecule has 2 aromatic heterocycles. The van der Waals surface area contributed by atoms with Crippen LogP contribution in [0.3, 0.4) is 0 Å². The second kappa shape index (κ2) is 6.63. The van der Waals surface area contributed by atoms with Crippen molar-refractivity contribution < 1.29 is 0 Å². The van der Waals surface area contributed by atoms with E-state index < -0.39 is 0 Å². The topological polar surface area (TPSA) is 90.3 Å². The fourth-order valence-electron chi connectivity index (χ4n) is 3.14. The molecule has 136 valence electrons. The van der Waals surface area contributed by atoms with E-state index in [0.717, 1.165) is 22.2 Å². The van der Waals surface area contributed by atoms with Gasteiger partial charge in [0.1, 0.15) is 5.82 Å². The number of aromatic amines is 1. The van der Waals surface area contributed by atoms with E-state index in [4.69, 9.17) is 21.8 Å². The van der Waals surface area contributed by atoms with Crippen LogP contribution < -0.4 is 5.32 Å². The highest BCUT2D eigenvalue weighted by Crippen LogP contribution is 2.40. The number of hydrogen-bond donors (Lipinski definition) is 2. The molecule has 7 heteroatoms. The van der Waals surface area contributed by atoms with Crippen LogP contribution in [0.4, 0.5) is 11.6 Å². The van der Waals surface area contributed by atoms with Crippen molar-refractivity contribution in [3.05, 3.63) is 64.8 Å². The van der Waals surface area contributed by atoms with E-state index in [0.29, 0.717) is 34.0 Å². The molecule has 0 unspecified atom stereocenters. The molecule has 0 bridgehead atoms. The number of nitrogens with one attached hydrogen (secondary N) is 2. The molecule has 1 saturated carbocycles. The highest BCUT2D eigenvalue weighted by molar-refractivity contribution is 6.31. The maximum absolute atomic E-state index is 9.01. The Labute approximate surface area is 166 Å². The van der Waals surface area contributed by atoms with Crippen LogP contribution in [0.5, 0.6) is 0 Å². The third-order valence-electron chi connectivity index (χ3n) is 4.79. The van der Waals surface area contributed by atoms with E-state index in [9.17, 15) is 0 Å². The Morgan fingerprint density at radius 2 is 1.89 bits per heavy atom. The molecule has 4 aromatic rings. The van der Waals surface area contributed by atoms with Gasteiger partial charge in [-0.2, -0.15) is 10.4 Å². The molecule has 28 heavy (non-hydrogen) atoms. The maximum Gasteiger partial charge on any atom is 0.162 e. The van der Waals surface area contributed by atoms with Crippen LogP contribution in [0.1, 0.15) is 30.0 Å². The zero-order valence-corrected chi connectivity index (χ0v) is 15.5. The van der Waals surface area contributed by atoms with Gasteiger partial charge in [0.2, 0.25) is 0 Å². The second-order valence-corrected chi connectivity index (χ2v) is 7.29. The number of aromatic nitrogens is 4. The molecule has 1 aliphatic rings. The molecular formula is C21H15ClN6. The molecular weight excluding hydrogens is 372 g/mol. The summed E-state index contributed by atoms with van der Waals surface area (Å²) in [5, 5.41) is 21.2. The molecule has 1 aliphatic carbocycles. The SMILES string of the molecule is N#Cc1ccc(-c2nc(Nc3cc(C4CC4)[nH]n3)c3cc(Cl)ccc3n2)cc1. The average molecular weight is 387 g/mol. The van der Waals surface area contributed by atoms with Gasteiger partial charge in [0.05, 0.1) is 17.1 Å². The highest BCUT2D eigenvalue weighted by atomic mass is 35.5. The summed E-state index contributed by atoms with van der Waals surface area (Å²) in [6, 6.07) is 16.9. The lowest BCUT2D eigenvalue weighted by molar-refractivity contribution is 0.966. The summed E-state index contributed by atoms with van der Waals surface area (Å²) in [5.74, 6) is 2.52. The lowest BCUT2D eigenvalue weighted by Gasteiger charge is -2.10. The molecule has 0 aliphatic heterocycles. The summed E-state index contributed by atoms with van der Waals surface area (Å²) in [6.45, 7) is 0. The normalized spacial score (nSPS) is 13.4. The van der Waals surface area contributed by atoms with Crippen molar-refractivity contribution in [1.82, 2.24) is 20.2 Å². The molecule has 5 rings (SSSR count). The lowest BCUT2D eigenvalue weighted by Crippen LogP contribution is -2.00. The summed E-state index contributed by atoms with van der Waals surface area (Å²) in [6.07, 6.45) is 2.41. The Morgan fingerprint density at radius 1 is 1.07 bits per heavy atom. The third-order valence-corrected chi connectivity index (χ3v) is 5.03. The summed E-state index contributed by atoms with van der Waals surface area (Å²) in [7, 11) is 0. The van der Waals surface area contributed by atoms with Crippen molar-refractivity contribution in [2.24, 2.45) is 0 Å². The van der Waals surface area contributed by atoms with Gasteiger partial charge < -0.3 is 5.32 Å². The average Bonchev–Trinajstić information content (AvgIpc) is 3.47. The molecule has 2 N–H and O–H groups in total. The first-order valence-electron chi connectivity index (χ1n) is 9.00. The predicted octanol–water partition coefficient (Wildman–Crippen LogP) is 5.17. The Bertz CT molecular complexity index is 1220. The van der Waals surface area contributed by atoms with Gasteiger partial charge in [0, 0.05) is 33.7 Å². The Kier molecular flexibility index (Phi) is 3.96. The van der Waals surface area contributed by atoms with Crippen molar-refractivity contribution in [3.63, 3.8) is 0 Å². The minimum Gasteiger partial charge on any atom is -0.323 e. The first-order valence-corrected chi connectivity index (χ1v) is 9.37. The predicted molar refractivity (Wildman–Crippen MR) is 109 cm³/mol. The van der Waals surface area contributed by atoms with Crippen molar-refractivity contribution in [2.45, 2.75) is 18.8 Å².